The lowest BCUT2D eigenvalue weighted by Crippen LogP contribution is -2.38. The van der Waals surface area contributed by atoms with E-state index in [9.17, 15) is 4.79 Å². The van der Waals surface area contributed by atoms with Crippen molar-refractivity contribution < 1.29 is 9.53 Å². The molecule has 1 N–H and O–H groups in total. The molecule has 1 amide bonds. The Kier molecular flexibility index (Phi) is 6.59. The monoisotopic (exact) mass is 398 g/mol. The second-order valence-electron chi connectivity index (χ2n) is 5.98. The molecule has 0 aliphatic carbocycles. The molecular formula is C18H20Cl2N2O2S. The van der Waals surface area contributed by atoms with Crippen molar-refractivity contribution in [1.82, 2.24) is 10.2 Å². The molecule has 1 aliphatic rings. The first-order valence-corrected chi connectivity index (χ1v) is 9.94. The Balaban J connectivity index is 1.53. The number of rotatable bonds is 7. The van der Waals surface area contributed by atoms with E-state index in [1.165, 1.54) is 18.4 Å². The van der Waals surface area contributed by atoms with Gasteiger partial charge in [0.05, 0.1) is 11.1 Å². The van der Waals surface area contributed by atoms with E-state index in [-0.39, 0.29) is 18.6 Å². The maximum absolute atomic E-state index is 12.2. The van der Waals surface area contributed by atoms with E-state index in [1.54, 1.807) is 29.5 Å². The molecule has 4 nitrogen and oxygen atoms in total. The van der Waals surface area contributed by atoms with Gasteiger partial charge in [-0.1, -0.05) is 23.2 Å². The summed E-state index contributed by atoms with van der Waals surface area (Å²) < 4.78 is 5.49. The lowest BCUT2D eigenvalue weighted by Gasteiger charge is -2.27. The van der Waals surface area contributed by atoms with E-state index in [0.717, 1.165) is 13.1 Å². The van der Waals surface area contributed by atoms with Gasteiger partial charge in [-0.2, -0.15) is 11.3 Å². The van der Waals surface area contributed by atoms with Crippen LogP contribution in [0.5, 0.6) is 5.75 Å². The van der Waals surface area contributed by atoms with Crippen LogP contribution in [0.15, 0.2) is 35.0 Å². The second kappa shape index (κ2) is 8.90. The summed E-state index contributed by atoms with van der Waals surface area (Å²) in [6.07, 6.45) is 2.43. The van der Waals surface area contributed by atoms with Crippen LogP contribution in [-0.4, -0.2) is 37.0 Å². The number of amides is 1. The van der Waals surface area contributed by atoms with Gasteiger partial charge < -0.3 is 10.1 Å². The quantitative estimate of drug-likeness (QED) is 0.751. The van der Waals surface area contributed by atoms with Gasteiger partial charge in [0.2, 0.25) is 0 Å². The highest BCUT2D eigenvalue weighted by atomic mass is 35.5. The van der Waals surface area contributed by atoms with E-state index in [4.69, 9.17) is 27.9 Å². The minimum Gasteiger partial charge on any atom is -0.482 e. The van der Waals surface area contributed by atoms with Crippen molar-refractivity contribution in [2.24, 2.45) is 0 Å². The Morgan fingerprint density at radius 1 is 1.28 bits per heavy atom. The first-order chi connectivity index (χ1) is 12.1. The minimum atomic E-state index is -0.162. The fourth-order valence-corrected chi connectivity index (χ4v) is 4.14. The molecular weight excluding hydrogens is 379 g/mol. The Hall–Kier alpha value is -1.27. The summed E-state index contributed by atoms with van der Waals surface area (Å²) in [4.78, 5) is 14.6. The molecule has 0 spiro atoms. The number of hydrogen-bond acceptors (Lipinski definition) is 4. The minimum absolute atomic E-state index is 0.0717. The van der Waals surface area contributed by atoms with Gasteiger partial charge in [0.1, 0.15) is 5.75 Å². The molecule has 2 aromatic rings. The zero-order chi connectivity index (χ0) is 17.6. The Labute approximate surface area is 161 Å². The fraction of sp³-hybridized carbons (Fsp3) is 0.389. The van der Waals surface area contributed by atoms with E-state index >= 15 is 0 Å². The summed E-state index contributed by atoms with van der Waals surface area (Å²) >= 11 is 13.6. The summed E-state index contributed by atoms with van der Waals surface area (Å²) in [6, 6.07) is 7.29. The van der Waals surface area contributed by atoms with Gasteiger partial charge >= 0.3 is 0 Å². The number of hydrogen-bond donors (Lipinski definition) is 1. The number of likely N-dealkylation sites (tertiary alicyclic amines) is 1. The van der Waals surface area contributed by atoms with Crippen LogP contribution in [0.4, 0.5) is 0 Å². The van der Waals surface area contributed by atoms with Gasteiger partial charge in [0.15, 0.2) is 6.61 Å². The highest BCUT2D eigenvalue weighted by Crippen LogP contribution is 2.28. The third-order valence-electron chi connectivity index (χ3n) is 4.25. The predicted molar refractivity (Wildman–Crippen MR) is 103 cm³/mol. The Bertz CT molecular complexity index is 703. The van der Waals surface area contributed by atoms with Crippen molar-refractivity contribution in [2.75, 3.05) is 26.2 Å². The first kappa shape index (κ1) is 18.5. The first-order valence-electron chi connectivity index (χ1n) is 8.24. The van der Waals surface area contributed by atoms with Crippen LogP contribution in [0.25, 0.3) is 0 Å². The van der Waals surface area contributed by atoms with Crippen molar-refractivity contribution in [1.29, 1.82) is 0 Å². The van der Waals surface area contributed by atoms with Crippen LogP contribution < -0.4 is 10.1 Å². The molecule has 0 radical (unpaired) electrons. The van der Waals surface area contributed by atoms with Crippen LogP contribution >= 0.6 is 34.5 Å². The third-order valence-corrected chi connectivity index (χ3v) is 5.49. The van der Waals surface area contributed by atoms with E-state index < -0.39 is 0 Å². The summed E-state index contributed by atoms with van der Waals surface area (Å²) in [6.45, 7) is 2.66. The molecule has 134 valence electrons. The van der Waals surface area contributed by atoms with Crippen molar-refractivity contribution in [2.45, 2.75) is 18.9 Å². The van der Waals surface area contributed by atoms with Gasteiger partial charge in [0, 0.05) is 11.6 Å². The van der Waals surface area contributed by atoms with Crippen LogP contribution in [0.2, 0.25) is 10.0 Å². The molecule has 0 saturated carbocycles. The topological polar surface area (TPSA) is 41.6 Å². The summed E-state index contributed by atoms with van der Waals surface area (Å²) in [5, 5.41) is 8.14. The third kappa shape index (κ3) is 5.11. The average Bonchev–Trinajstić information content (AvgIpc) is 3.28. The molecule has 1 fully saturated rings. The maximum Gasteiger partial charge on any atom is 0.258 e. The molecule has 3 rings (SSSR count). The Morgan fingerprint density at radius 3 is 2.76 bits per heavy atom. The van der Waals surface area contributed by atoms with Crippen LogP contribution in [0.3, 0.4) is 0 Å². The molecule has 1 atom stereocenters. The van der Waals surface area contributed by atoms with Crippen molar-refractivity contribution in [3.8, 4) is 5.75 Å². The molecule has 7 heteroatoms. The molecule has 1 aliphatic heterocycles. The summed E-state index contributed by atoms with van der Waals surface area (Å²) in [7, 11) is 0. The smallest absolute Gasteiger partial charge is 0.258 e. The van der Waals surface area contributed by atoms with E-state index in [0.29, 0.717) is 22.3 Å². The summed E-state index contributed by atoms with van der Waals surface area (Å²) in [5.74, 6) is 0.292. The number of ether oxygens (including phenoxy) is 1. The lowest BCUT2D eigenvalue weighted by atomic mass is 10.1. The van der Waals surface area contributed by atoms with Gasteiger partial charge in [-0.25, -0.2) is 0 Å². The lowest BCUT2D eigenvalue weighted by molar-refractivity contribution is -0.123. The van der Waals surface area contributed by atoms with Gasteiger partial charge in [0.25, 0.3) is 5.91 Å². The highest BCUT2D eigenvalue weighted by molar-refractivity contribution is 7.08. The summed E-state index contributed by atoms with van der Waals surface area (Å²) in [5.41, 5.74) is 1.26. The predicted octanol–water partition coefficient (Wildman–Crippen LogP) is 4.39. The highest BCUT2D eigenvalue weighted by Gasteiger charge is 2.24. The molecule has 2 heterocycles. The number of thiophene rings is 1. The Morgan fingerprint density at radius 2 is 2.08 bits per heavy atom. The van der Waals surface area contributed by atoms with E-state index in [1.807, 2.05) is 0 Å². The number of benzene rings is 1. The van der Waals surface area contributed by atoms with Crippen LogP contribution in [-0.2, 0) is 4.79 Å². The van der Waals surface area contributed by atoms with E-state index in [2.05, 4.69) is 27.0 Å². The van der Waals surface area contributed by atoms with Gasteiger partial charge in [-0.05, 0) is 66.5 Å². The average molecular weight is 399 g/mol. The van der Waals surface area contributed by atoms with Gasteiger partial charge in [-0.15, -0.1) is 0 Å². The molecule has 25 heavy (non-hydrogen) atoms. The SMILES string of the molecule is O=C(COc1ccc(Cl)cc1Cl)NCC(c1ccsc1)N1CCCC1. The van der Waals surface area contributed by atoms with Crippen molar-refractivity contribution in [3.63, 3.8) is 0 Å². The number of halogens is 2. The second-order valence-corrected chi connectivity index (χ2v) is 7.61. The number of carbonyl (C=O) groups is 1. The van der Waals surface area contributed by atoms with Crippen molar-refractivity contribution >= 4 is 40.4 Å². The van der Waals surface area contributed by atoms with Crippen LogP contribution in [0, 0.1) is 0 Å². The van der Waals surface area contributed by atoms with Crippen LogP contribution in [0.1, 0.15) is 24.4 Å². The van der Waals surface area contributed by atoms with Gasteiger partial charge in [-0.3, -0.25) is 9.69 Å². The molecule has 1 unspecified atom stereocenters. The number of nitrogens with zero attached hydrogens (tertiary/aromatic N) is 1. The van der Waals surface area contributed by atoms with Crippen molar-refractivity contribution in [3.05, 3.63) is 50.6 Å². The number of nitrogens with one attached hydrogen (secondary N) is 1. The zero-order valence-electron chi connectivity index (χ0n) is 13.7. The zero-order valence-corrected chi connectivity index (χ0v) is 16.0. The fourth-order valence-electron chi connectivity index (χ4n) is 2.97. The normalized spacial score (nSPS) is 15.9. The molecule has 0 bridgehead atoms. The largest absolute Gasteiger partial charge is 0.482 e. The maximum atomic E-state index is 12.2. The number of carbonyl (C=O) groups excluding carboxylic acids is 1. The molecule has 1 aromatic carbocycles. The molecule has 1 aromatic heterocycles. The molecule has 1 saturated heterocycles. The standard InChI is InChI=1S/C18H20Cl2N2O2S/c19-14-3-4-17(15(20)9-14)24-11-18(23)21-10-16(13-5-8-25-12-13)22-6-1-2-7-22/h3-5,8-9,12,16H,1-2,6-7,10-11H2,(H,21,23).